The van der Waals surface area contributed by atoms with Crippen LogP contribution in [0.3, 0.4) is 0 Å². The number of fused-ring (bicyclic) bond motifs is 3. The van der Waals surface area contributed by atoms with Crippen LogP contribution >= 0.6 is 0 Å². The lowest BCUT2D eigenvalue weighted by Gasteiger charge is -2.43. The SMILES string of the molecule is C=[N+](c1cc(NC2CC2)n2ncc3c2[n+]1C1CC2/C(=C\3)C(=O)NC(=O)C21)C1CCOCC1. The summed E-state index contributed by atoms with van der Waals surface area (Å²) in [6.07, 6.45) is 8.67. The highest BCUT2D eigenvalue weighted by atomic mass is 16.5. The molecule has 7 rings (SSSR count). The van der Waals surface area contributed by atoms with Crippen LogP contribution < -0.4 is 15.2 Å². The molecule has 2 saturated carbocycles. The van der Waals surface area contributed by atoms with Crippen LogP contribution in [0.2, 0.25) is 0 Å². The molecule has 9 heteroatoms. The van der Waals surface area contributed by atoms with Gasteiger partial charge in [0.15, 0.2) is 12.1 Å². The number of imide groups is 1. The zero-order chi connectivity index (χ0) is 21.6. The van der Waals surface area contributed by atoms with Crippen molar-refractivity contribution in [2.75, 3.05) is 18.5 Å². The van der Waals surface area contributed by atoms with Crippen LogP contribution in [0.4, 0.5) is 11.6 Å². The molecule has 164 valence electrons. The van der Waals surface area contributed by atoms with Crippen molar-refractivity contribution in [1.82, 2.24) is 14.9 Å². The van der Waals surface area contributed by atoms with Crippen molar-refractivity contribution >= 4 is 41.9 Å². The Kier molecular flexibility index (Phi) is 3.74. The largest absolute Gasteiger partial charge is 0.449 e. The highest BCUT2D eigenvalue weighted by molar-refractivity contribution is 6.12. The summed E-state index contributed by atoms with van der Waals surface area (Å²) < 4.78 is 11.9. The van der Waals surface area contributed by atoms with E-state index in [1.807, 2.05) is 16.8 Å². The first-order valence-corrected chi connectivity index (χ1v) is 11.6. The zero-order valence-electron chi connectivity index (χ0n) is 17.8. The van der Waals surface area contributed by atoms with Crippen LogP contribution in [0.5, 0.6) is 0 Å². The zero-order valence-corrected chi connectivity index (χ0v) is 17.8. The van der Waals surface area contributed by atoms with E-state index in [4.69, 9.17) is 9.84 Å². The number of amides is 2. The number of hydrogen-bond donors (Lipinski definition) is 2. The third kappa shape index (κ3) is 2.51. The number of ether oxygens (including phenoxy) is 1. The summed E-state index contributed by atoms with van der Waals surface area (Å²) in [6, 6.07) is 2.82. The van der Waals surface area contributed by atoms with Gasteiger partial charge in [-0.15, -0.1) is 9.14 Å². The molecular weight excluding hydrogens is 408 g/mol. The number of aromatic nitrogens is 3. The number of carbonyl (C=O) groups excluding carboxylic acids is 2. The molecule has 3 unspecified atom stereocenters. The van der Waals surface area contributed by atoms with Gasteiger partial charge >= 0.3 is 11.5 Å². The maximum absolute atomic E-state index is 12.8. The van der Waals surface area contributed by atoms with Crippen LogP contribution in [0.25, 0.3) is 11.7 Å². The van der Waals surface area contributed by atoms with Crippen molar-refractivity contribution in [1.29, 1.82) is 0 Å². The van der Waals surface area contributed by atoms with Crippen LogP contribution in [0.15, 0.2) is 17.8 Å². The smallest absolute Gasteiger partial charge is 0.381 e. The summed E-state index contributed by atoms with van der Waals surface area (Å²) in [5.74, 6) is 1.19. The predicted molar refractivity (Wildman–Crippen MR) is 115 cm³/mol. The molecule has 4 fully saturated rings. The van der Waals surface area contributed by atoms with Gasteiger partial charge in [0.1, 0.15) is 24.5 Å². The first kappa shape index (κ1) is 18.5. The van der Waals surface area contributed by atoms with E-state index < -0.39 is 0 Å². The van der Waals surface area contributed by atoms with Gasteiger partial charge < -0.3 is 10.1 Å². The Morgan fingerprint density at radius 2 is 2.06 bits per heavy atom. The summed E-state index contributed by atoms with van der Waals surface area (Å²) >= 11 is 0. The number of carbonyl (C=O) groups is 2. The number of rotatable bonds is 4. The topological polar surface area (TPSA) is 91.6 Å². The molecule has 2 aromatic heterocycles. The molecule has 2 aromatic rings. The third-order valence-corrected chi connectivity index (χ3v) is 7.78. The molecule has 5 aliphatic rings. The van der Waals surface area contributed by atoms with Gasteiger partial charge in [0, 0.05) is 36.8 Å². The van der Waals surface area contributed by atoms with Crippen molar-refractivity contribution in [2.45, 2.75) is 50.2 Å². The van der Waals surface area contributed by atoms with Crippen LogP contribution in [-0.4, -0.2) is 58.0 Å². The molecule has 2 saturated heterocycles. The highest BCUT2D eigenvalue weighted by Gasteiger charge is 2.60. The number of nitrogens with zero attached hydrogens (tertiary/aromatic N) is 4. The third-order valence-electron chi connectivity index (χ3n) is 7.78. The van der Waals surface area contributed by atoms with E-state index in [1.165, 1.54) is 0 Å². The van der Waals surface area contributed by atoms with Gasteiger partial charge in [-0.3, -0.25) is 14.9 Å². The maximum atomic E-state index is 12.8. The molecule has 0 spiro atoms. The Hall–Kier alpha value is -3.07. The Morgan fingerprint density at radius 3 is 2.84 bits per heavy atom. The minimum absolute atomic E-state index is 0.0321. The van der Waals surface area contributed by atoms with Crippen molar-refractivity contribution in [2.24, 2.45) is 11.8 Å². The number of piperidine rings is 1. The number of anilines is 1. The molecule has 32 heavy (non-hydrogen) atoms. The quantitative estimate of drug-likeness (QED) is 0.425. The fourth-order valence-corrected chi connectivity index (χ4v) is 5.85. The van der Waals surface area contributed by atoms with E-state index in [2.05, 4.69) is 32.6 Å². The molecule has 2 bridgehead atoms. The van der Waals surface area contributed by atoms with E-state index in [0.717, 1.165) is 68.2 Å². The molecule has 2 amide bonds. The minimum atomic E-state index is -0.268. The number of nitrogens with one attached hydrogen (secondary N) is 2. The highest BCUT2D eigenvalue weighted by Crippen LogP contribution is 2.50. The molecule has 5 heterocycles. The predicted octanol–water partition coefficient (Wildman–Crippen LogP) is 0.950. The monoisotopic (exact) mass is 434 g/mol. The average Bonchev–Trinajstić information content (AvgIpc) is 3.48. The second-order valence-electron chi connectivity index (χ2n) is 9.68. The van der Waals surface area contributed by atoms with Crippen LogP contribution in [-0.2, 0) is 14.3 Å². The Morgan fingerprint density at radius 1 is 1.25 bits per heavy atom. The Balaban J connectivity index is 1.48. The van der Waals surface area contributed by atoms with Crippen molar-refractivity contribution in [3.8, 4) is 0 Å². The average molecular weight is 435 g/mol. The molecule has 3 atom stereocenters. The Bertz CT molecular complexity index is 1240. The van der Waals surface area contributed by atoms with Gasteiger partial charge in [-0.2, -0.15) is 9.61 Å². The second-order valence-corrected chi connectivity index (χ2v) is 9.68. The van der Waals surface area contributed by atoms with Crippen molar-refractivity contribution in [3.05, 3.63) is 23.4 Å². The van der Waals surface area contributed by atoms with Gasteiger partial charge in [-0.25, -0.2) is 0 Å². The van der Waals surface area contributed by atoms with Gasteiger partial charge in [0.25, 0.3) is 5.91 Å². The summed E-state index contributed by atoms with van der Waals surface area (Å²) in [7, 11) is 0. The Labute approximate surface area is 184 Å². The van der Waals surface area contributed by atoms with E-state index in [0.29, 0.717) is 11.6 Å². The summed E-state index contributed by atoms with van der Waals surface area (Å²) in [4.78, 5) is 25.4. The molecule has 0 aromatic carbocycles. The van der Waals surface area contributed by atoms with Gasteiger partial charge in [-0.1, -0.05) is 0 Å². The summed E-state index contributed by atoms with van der Waals surface area (Å²) in [5.41, 5.74) is 2.52. The van der Waals surface area contributed by atoms with E-state index in [1.54, 1.807) is 0 Å². The van der Waals surface area contributed by atoms with E-state index in [-0.39, 0.29) is 35.7 Å². The lowest BCUT2D eigenvalue weighted by Crippen LogP contribution is -2.64. The van der Waals surface area contributed by atoms with Crippen LogP contribution in [0, 0.1) is 11.8 Å². The molecule has 0 radical (unpaired) electrons. The molecule has 9 nitrogen and oxygen atoms in total. The number of hydrogen-bond acceptors (Lipinski definition) is 5. The van der Waals surface area contributed by atoms with Crippen molar-refractivity contribution < 1.29 is 23.5 Å². The molecule has 2 aliphatic carbocycles. The summed E-state index contributed by atoms with van der Waals surface area (Å²) in [6.45, 7) is 5.93. The first-order valence-electron chi connectivity index (χ1n) is 11.6. The van der Waals surface area contributed by atoms with Gasteiger partial charge in [-0.05, 0) is 18.9 Å². The maximum Gasteiger partial charge on any atom is 0.449 e. The normalized spacial score (nSPS) is 30.6. The van der Waals surface area contributed by atoms with Gasteiger partial charge in [0.2, 0.25) is 5.91 Å². The molecule has 2 N–H and O–H groups in total. The first-order chi connectivity index (χ1) is 15.6. The molecular formula is C23H26N6O3+2. The van der Waals surface area contributed by atoms with Crippen LogP contribution in [0.1, 0.15) is 43.7 Å². The standard InChI is InChI=1S/C23H24N6O3/c1-27(14-4-6-32-7-5-14)19-10-18(25-13-2-3-13)29-23-12(11-24-29)8-16-15-9-17(28(19)23)20(15)22(31)26-21(16)30/h8,10-11,13-15,17,20H,1-7,9H2/p+2/b16-8+. The summed E-state index contributed by atoms with van der Waals surface area (Å²) in [5, 5.41) is 10.9. The fourth-order valence-electron chi connectivity index (χ4n) is 5.85. The van der Waals surface area contributed by atoms with Gasteiger partial charge in [0.05, 0.1) is 25.0 Å². The van der Waals surface area contributed by atoms with E-state index in [9.17, 15) is 9.59 Å². The lowest BCUT2D eigenvalue weighted by atomic mass is 9.62. The fraction of sp³-hybridized carbons (Fsp3) is 0.522. The second kappa shape index (κ2) is 6.48. The minimum Gasteiger partial charge on any atom is -0.381 e. The van der Waals surface area contributed by atoms with Crippen molar-refractivity contribution in [3.63, 3.8) is 0 Å². The van der Waals surface area contributed by atoms with E-state index >= 15 is 0 Å². The lowest BCUT2D eigenvalue weighted by molar-refractivity contribution is -0.764. The molecule has 3 aliphatic heterocycles.